The van der Waals surface area contributed by atoms with Crippen molar-refractivity contribution in [3.05, 3.63) is 29.8 Å². The zero-order chi connectivity index (χ0) is 16.8. The number of carbonyl (C=O) groups is 1. The topological polar surface area (TPSA) is 53.0 Å². The van der Waals surface area contributed by atoms with Crippen molar-refractivity contribution in [1.82, 2.24) is 9.80 Å². The first-order chi connectivity index (χ1) is 11.8. The number of rotatable bonds is 6. The van der Waals surface area contributed by atoms with Gasteiger partial charge < -0.3 is 14.7 Å². The Morgan fingerprint density at radius 2 is 1.83 bits per heavy atom. The molecule has 1 N–H and O–H groups in total. The molecular formula is C19H28N2O3. The maximum absolute atomic E-state index is 12.2. The number of hydrogen-bond acceptors (Lipinski definition) is 4. The molecule has 1 aromatic rings. The number of para-hydroxylation sites is 1. The SMILES string of the molecule is O=C(COc1ccccc1CN1CCC(CO)CC1)N1CCCC1. The van der Waals surface area contributed by atoms with Crippen LogP contribution in [0.4, 0.5) is 0 Å². The molecule has 3 rings (SSSR count). The van der Waals surface area contributed by atoms with Gasteiger partial charge in [0.1, 0.15) is 5.75 Å². The van der Waals surface area contributed by atoms with Gasteiger partial charge >= 0.3 is 0 Å². The van der Waals surface area contributed by atoms with Gasteiger partial charge in [0.2, 0.25) is 0 Å². The molecule has 0 aliphatic carbocycles. The number of aliphatic hydroxyl groups is 1. The van der Waals surface area contributed by atoms with Gasteiger partial charge in [-0.05, 0) is 50.8 Å². The molecular weight excluding hydrogens is 304 g/mol. The standard InChI is InChI=1S/C19H28N2O3/c22-14-16-7-11-20(12-8-16)13-17-5-1-2-6-18(17)24-15-19(23)21-9-3-4-10-21/h1-2,5-6,16,22H,3-4,7-15H2. The molecule has 0 spiro atoms. The third kappa shape index (κ3) is 4.48. The Balaban J connectivity index is 1.54. The van der Waals surface area contributed by atoms with E-state index >= 15 is 0 Å². The van der Waals surface area contributed by atoms with Crippen molar-refractivity contribution in [2.24, 2.45) is 5.92 Å². The van der Waals surface area contributed by atoms with Crippen LogP contribution >= 0.6 is 0 Å². The Morgan fingerprint density at radius 3 is 2.54 bits per heavy atom. The van der Waals surface area contributed by atoms with Crippen molar-refractivity contribution in [2.75, 3.05) is 39.4 Å². The quantitative estimate of drug-likeness (QED) is 0.864. The first-order valence-corrected chi connectivity index (χ1v) is 9.08. The van der Waals surface area contributed by atoms with Crippen molar-refractivity contribution in [2.45, 2.75) is 32.2 Å². The Kier molecular flexibility index (Phi) is 6.10. The number of ether oxygens (including phenoxy) is 1. The van der Waals surface area contributed by atoms with Crippen molar-refractivity contribution < 1.29 is 14.6 Å². The highest BCUT2D eigenvalue weighted by Crippen LogP contribution is 2.23. The van der Waals surface area contributed by atoms with Crippen LogP contribution in [0, 0.1) is 5.92 Å². The lowest BCUT2D eigenvalue weighted by molar-refractivity contribution is -0.132. The van der Waals surface area contributed by atoms with Crippen LogP contribution in [0.5, 0.6) is 5.75 Å². The number of nitrogens with zero attached hydrogens (tertiary/aromatic N) is 2. The van der Waals surface area contributed by atoms with E-state index in [1.807, 2.05) is 23.1 Å². The largest absolute Gasteiger partial charge is 0.483 e. The Hall–Kier alpha value is -1.59. The molecule has 2 heterocycles. The van der Waals surface area contributed by atoms with Crippen LogP contribution in [0.2, 0.25) is 0 Å². The monoisotopic (exact) mass is 332 g/mol. The molecule has 1 aromatic carbocycles. The second-order valence-electron chi connectivity index (χ2n) is 6.89. The highest BCUT2D eigenvalue weighted by Gasteiger charge is 2.21. The predicted octanol–water partition coefficient (Wildman–Crippen LogP) is 1.89. The van der Waals surface area contributed by atoms with E-state index < -0.39 is 0 Å². The lowest BCUT2D eigenvalue weighted by Gasteiger charge is -2.31. The maximum Gasteiger partial charge on any atom is 0.260 e. The summed E-state index contributed by atoms with van der Waals surface area (Å²) in [5.74, 6) is 1.35. The van der Waals surface area contributed by atoms with Gasteiger partial charge in [0, 0.05) is 31.8 Å². The minimum absolute atomic E-state index is 0.0889. The third-order valence-electron chi connectivity index (χ3n) is 5.14. The van der Waals surface area contributed by atoms with E-state index in [4.69, 9.17) is 4.74 Å². The molecule has 132 valence electrons. The van der Waals surface area contributed by atoms with Crippen LogP contribution < -0.4 is 4.74 Å². The highest BCUT2D eigenvalue weighted by molar-refractivity contribution is 5.78. The van der Waals surface area contributed by atoms with E-state index in [0.29, 0.717) is 12.5 Å². The van der Waals surface area contributed by atoms with Gasteiger partial charge in [-0.3, -0.25) is 9.69 Å². The molecule has 0 bridgehead atoms. The molecule has 2 aliphatic heterocycles. The van der Waals surface area contributed by atoms with Crippen molar-refractivity contribution in [3.8, 4) is 5.75 Å². The van der Waals surface area contributed by atoms with Crippen LogP contribution in [0.25, 0.3) is 0 Å². The summed E-state index contributed by atoms with van der Waals surface area (Å²) in [6.07, 6.45) is 4.30. The van der Waals surface area contributed by atoms with Crippen LogP contribution in [0.15, 0.2) is 24.3 Å². The molecule has 5 heteroatoms. The average molecular weight is 332 g/mol. The molecule has 2 saturated heterocycles. The zero-order valence-corrected chi connectivity index (χ0v) is 14.3. The van der Waals surface area contributed by atoms with E-state index in [1.165, 1.54) is 0 Å². The number of benzene rings is 1. The number of carbonyl (C=O) groups excluding carboxylic acids is 1. The van der Waals surface area contributed by atoms with Crippen molar-refractivity contribution in [1.29, 1.82) is 0 Å². The predicted molar refractivity (Wildman–Crippen MR) is 92.8 cm³/mol. The fourth-order valence-corrected chi connectivity index (χ4v) is 3.54. The molecule has 0 saturated carbocycles. The number of likely N-dealkylation sites (tertiary alicyclic amines) is 2. The van der Waals surface area contributed by atoms with Gasteiger partial charge in [0.25, 0.3) is 5.91 Å². The van der Waals surface area contributed by atoms with Gasteiger partial charge in [-0.2, -0.15) is 0 Å². The summed E-state index contributed by atoms with van der Waals surface area (Å²) in [4.78, 5) is 16.4. The Labute approximate surface area is 144 Å². The summed E-state index contributed by atoms with van der Waals surface area (Å²) in [7, 11) is 0. The van der Waals surface area contributed by atoms with Crippen LogP contribution in [-0.2, 0) is 11.3 Å². The minimum Gasteiger partial charge on any atom is -0.483 e. The van der Waals surface area contributed by atoms with E-state index in [-0.39, 0.29) is 12.5 Å². The number of aliphatic hydroxyl groups excluding tert-OH is 1. The second-order valence-corrected chi connectivity index (χ2v) is 6.89. The summed E-state index contributed by atoms with van der Waals surface area (Å²) < 4.78 is 5.84. The van der Waals surface area contributed by atoms with Gasteiger partial charge in [-0.1, -0.05) is 18.2 Å². The smallest absolute Gasteiger partial charge is 0.260 e. The fourth-order valence-electron chi connectivity index (χ4n) is 3.54. The van der Waals surface area contributed by atoms with E-state index in [0.717, 1.165) is 69.7 Å². The molecule has 0 unspecified atom stereocenters. The normalized spacial score (nSPS) is 19.6. The molecule has 24 heavy (non-hydrogen) atoms. The lowest BCUT2D eigenvalue weighted by Crippen LogP contribution is -2.34. The Bertz CT molecular complexity index is 535. The number of amides is 1. The molecule has 1 amide bonds. The second kappa shape index (κ2) is 8.49. The zero-order valence-electron chi connectivity index (χ0n) is 14.3. The third-order valence-corrected chi connectivity index (χ3v) is 5.14. The van der Waals surface area contributed by atoms with E-state index in [2.05, 4.69) is 11.0 Å². The van der Waals surface area contributed by atoms with Gasteiger partial charge in [-0.15, -0.1) is 0 Å². The first-order valence-electron chi connectivity index (χ1n) is 9.08. The van der Waals surface area contributed by atoms with Crippen LogP contribution in [0.3, 0.4) is 0 Å². The molecule has 2 aliphatic rings. The van der Waals surface area contributed by atoms with E-state index in [1.54, 1.807) is 0 Å². The van der Waals surface area contributed by atoms with Crippen molar-refractivity contribution in [3.63, 3.8) is 0 Å². The number of piperidine rings is 1. The highest BCUT2D eigenvalue weighted by atomic mass is 16.5. The molecule has 2 fully saturated rings. The van der Waals surface area contributed by atoms with Gasteiger partial charge in [0.05, 0.1) is 0 Å². The minimum atomic E-state index is 0.0889. The van der Waals surface area contributed by atoms with Crippen molar-refractivity contribution >= 4 is 5.91 Å². The van der Waals surface area contributed by atoms with Gasteiger partial charge in [0.15, 0.2) is 6.61 Å². The summed E-state index contributed by atoms with van der Waals surface area (Å²) in [5, 5.41) is 9.25. The molecule has 0 atom stereocenters. The fraction of sp³-hybridized carbons (Fsp3) is 0.632. The molecule has 0 radical (unpaired) electrons. The Morgan fingerprint density at radius 1 is 1.12 bits per heavy atom. The first kappa shape index (κ1) is 17.2. The summed E-state index contributed by atoms with van der Waals surface area (Å²) in [5.41, 5.74) is 1.13. The molecule has 0 aromatic heterocycles. The summed E-state index contributed by atoms with van der Waals surface area (Å²) >= 11 is 0. The maximum atomic E-state index is 12.2. The summed E-state index contributed by atoms with van der Waals surface area (Å²) in [6, 6.07) is 8.00. The van der Waals surface area contributed by atoms with E-state index in [9.17, 15) is 9.90 Å². The van der Waals surface area contributed by atoms with Crippen LogP contribution in [0.1, 0.15) is 31.2 Å². The van der Waals surface area contributed by atoms with Crippen LogP contribution in [-0.4, -0.2) is 60.2 Å². The number of hydrogen-bond donors (Lipinski definition) is 1. The average Bonchev–Trinajstić information content (AvgIpc) is 3.16. The van der Waals surface area contributed by atoms with Gasteiger partial charge in [-0.25, -0.2) is 0 Å². The lowest BCUT2D eigenvalue weighted by atomic mass is 9.97. The summed E-state index contributed by atoms with van der Waals surface area (Å²) in [6.45, 7) is 5.01. The molecule has 5 nitrogen and oxygen atoms in total.